The Kier molecular flexibility index (Phi) is 5.47. The third-order valence-electron chi connectivity index (χ3n) is 6.05. The van der Waals surface area contributed by atoms with E-state index in [-0.39, 0.29) is 5.60 Å². The van der Waals surface area contributed by atoms with Crippen molar-refractivity contribution < 1.29 is 14.2 Å². The molecule has 0 spiro atoms. The molecule has 4 rings (SSSR count). The zero-order valence-electron chi connectivity index (χ0n) is 17.0. The largest absolute Gasteiger partial charge is 0.493 e. The molecule has 4 nitrogen and oxygen atoms in total. The zero-order valence-corrected chi connectivity index (χ0v) is 18.6. The number of halogens is 1. The molecule has 5 heteroatoms. The van der Waals surface area contributed by atoms with E-state index < -0.39 is 0 Å². The van der Waals surface area contributed by atoms with Gasteiger partial charge in [-0.3, -0.25) is 4.90 Å². The minimum Gasteiger partial charge on any atom is -0.493 e. The number of nitrogens with zero attached hydrogens (tertiary/aromatic N) is 1. The Balaban J connectivity index is 1.58. The molecule has 3 aliphatic rings. The fraction of sp³-hybridized carbons (Fsp3) is 0.727. The predicted octanol–water partition coefficient (Wildman–Crippen LogP) is 5.27. The van der Waals surface area contributed by atoms with Gasteiger partial charge in [-0.05, 0) is 92.4 Å². The van der Waals surface area contributed by atoms with Crippen molar-refractivity contribution in [1.29, 1.82) is 0 Å². The summed E-state index contributed by atoms with van der Waals surface area (Å²) in [5.74, 6) is 1.77. The first-order valence-electron chi connectivity index (χ1n) is 10.3. The summed E-state index contributed by atoms with van der Waals surface area (Å²) in [5, 5.41) is 0. The van der Waals surface area contributed by atoms with Gasteiger partial charge in [-0.2, -0.15) is 0 Å². The van der Waals surface area contributed by atoms with Crippen molar-refractivity contribution in [2.75, 3.05) is 20.2 Å². The molecular formula is C22H32BrNO3. The minimum atomic E-state index is -0.0782. The molecule has 150 valence electrons. The third kappa shape index (κ3) is 4.01. The molecule has 2 heterocycles. The Morgan fingerprint density at radius 3 is 2.52 bits per heavy atom. The summed E-state index contributed by atoms with van der Waals surface area (Å²) in [5.41, 5.74) is 2.73. The third-order valence-corrected chi connectivity index (χ3v) is 6.89. The molecule has 1 saturated carbocycles. The van der Waals surface area contributed by atoms with E-state index in [9.17, 15) is 0 Å². The highest BCUT2D eigenvalue weighted by atomic mass is 79.9. The van der Waals surface area contributed by atoms with E-state index in [2.05, 4.69) is 47.7 Å². The van der Waals surface area contributed by atoms with Crippen LogP contribution in [0.2, 0.25) is 0 Å². The van der Waals surface area contributed by atoms with Crippen LogP contribution in [0.3, 0.4) is 0 Å². The van der Waals surface area contributed by atoms with Gasteiger partial charge >= 0.3 is 0 Å². The van der Waals surface area contributed by atoms with Gasteiger partial charge in [0.05, 0.1) is 29.4 Å². The molecule has 1 aliphatic carbocycles. The second kappa shape index (κ2) is 7.57. The van der Waals surface area contributed by atoms with Gasteiger partial charge in [0.1, 0.15) is 0 Å². The highest BCUT2D eigenvalue weighted by molar-refractivity contribution is 9.10. The summed E-state index contributed by atoms with van der Waals surface area (Å²) in [6.07, 6.45) is 7.53. The lowest BCUT2D eigenvalue weighted by Gasteiger charge is -2.45. The molecule has 2 atom stereocenters. The van der Waals surface area contributed by atoms with E-state index in [4.69, 9.17) is 14.2 Å². The maximum Gasteiger partial charge on any atom is 0.176 e. The van der Waals surface area contributed by atoms with Crippen LogP contribution in [0, 0.1) is 0 Å². The minimum absolute atomic E-state index is 0.0782. The topological polar surface area (TPSA) is 30.9 Å². The number of piperidine rings is 1. The Hall–Kier alpha value is -0.780. The van der Waals surface area contributed by atoms with Crippen molar-refractivity contribution in [3.05, 3.63) is 21.7 Å². The number of fused-ring (bicyclic) bond motifs is 3. The molecule has 0 aromatic heterocycles. The van der Waals surface area contributed by atoms with Gasteiger partial charge in [0.25, 0.3) is 0 Å². The van der Waals surface area contributed by atoms with Gasteiger partial charge in [-0.15, -0.1) is 0 Å². The number of ether oxygens (including phenoxy) is 3. The fourth-order valence-corrected chi connectivity index (χ4v) is 5.31. The predicted molar refractivity (Wildman–Crippen MR) is 111 cm³/mol. The first kappa shape index (κ1) is 19.5. The van der Waals surface area contributed by atoms with Crippen LogP contribution in [0.5, 0.6) is 11.5 Å². The molecule has 0 amide bonds. The maximum atomic E-state index is 6.27. The molecule has 0 N–H and O–H groups in total. The van der Waals surface area contributed by atoms with Gasteiger partial charge in [-0.1, -0.05) is 0 Å². The monoisotopic (exact) mass is 437 g/mol. The summed E-state index contributed by atoms with van der Waals surface area (Å²) in [4.78, 5) is 2.60. The molecule has 27 heavy (non-hydrogen) atoms. The lowest BCUT2D eigenvalue weighted by atomic mass is 9.85. The number of hydrogen-bond acceptors (Lipinski definition) is 4. The lowest BCUT2D eigenvalue weighted by Crippen LogP contribution is -2.47. The van der Waals surface area contributed by atoms with Crippen molar-refractivity contribution in [3.8, 4) is 11.5 Å². The smallest absolute Gasteiger partial charge is 0.176 e. The van der Waals surface area contributed by atoms with E-state index in [0.29, 0.717) is 18.2 Å². The van der Waals surface area contributed by atoms with Crippen molar-refractivity contribution in [1.82, 2.24) is 4.90 Å². The van der Waals surface area contributed by atoms with Crippen LogP contribution in [-0.4, -0.2) is 42.9 Å². The number of benzene rings is 1. The summed E-state index contributed by atoms with van der Waals surface area (Å²) in [6, 6.07) is 2.69. The highest BCUT2D eigenvalue weighted by Crippen LogP contribution is 2.48. The Morgan fingerprint density at radius 2 is 1.89 bits per heavy atom. The van der Waals surface area contributed by atoms with E-state index in [1.807, 2.05) is 0 Å². The average Bonchev–Trinajstić information content (AvgIpc) is 2.57. The highest BCUT2D eigenvalue weighted by Gasteiger charge is 2.37. The number of methoxy groups -OCH3 is 1. The van der Waals surface area contributed by atoms with Crippen molar-refractivity contribution >= 4 is 15.9 Å². The molecule has 2 aliphatic heterocycles. The van der Waals surface area contributed by atoms with E-state index in [0.717, 1.165) is 61.2 Å². The van der Waals surface area contributed by atoms with E-state index >= 15 is 0 Å². The van der Waals surface area contributed by atoms with Gasteiger partial charge < -0.3 is 14.2 Å². The molecule has 0 radical (unpaired) electrons. The molecule has 0 bridgehead atoms. The van der Waals surface area contributed by atoms with Gasteiger partial charge in [0.2, 0.25) is 0 Å². The van der Waals surface area contributed by atoms with Gasteiger partial charge in [0, 0.05) is 19.1 Å². The van der Waals surface area contributed by atoms with E-state index in [1.54, 1.807) is 7.11 Å². The standard InChI is InChI=1S/C22H32BrNO3/c1-22(2,3)27-15-8-9-18-17-12-19(25-4)21(26-14-6-5-7-14)20(23)16(17)10-11-24(18)13-15/h12,14-15,18H,5-11,13H2,1-4H3. The van der Waals surface area contributed by atoms with Crippen molar-refractivity contribution in [2.24, 2.45) is 0 Å². The Bertz CT molecular complexity index is 696. The summed E-state index contributed by atoms with van der Waals surface area (Å²) in [7, 11) is 1.75. The SMILES string of the molecule is COc1cc2c(c(Br)c1OC1CCC1)CCN1CC(OC(C)(C)C)CCC21. The van der Waals surface area contributed by atoms with Crippen LogP contribution in [0.1, 0.15) is 70.0 Å². The normalized spacial score (nSPS) is 26.1. The molecule has 1 aromatic rings. The molecule has 2 unspecified atom stereocenters. The first-order chi connectivity index (χ1) is 12.9. The maximum absolute atomic E-state index is 6.27. The lowest BCUT2D eigenvalue weighted by molar-refractivity contribution is -0.0972. The van der Waals surface area contributed by atoms with E-state index in [1.165, 1.54) is 17.5 Å². The first-order valence-corrected chi connectivity index (χ1v) is 11.1. The molecular weight excluding hydrogens is 406 g/mol. The molecule has 1 saturated heterocycles. The van der Waals surface area contributed by atoms with Crippen molar-refractivity contribution in [3.63, 3.8) is 0 Å². The van der Waals surface area contributed by atoms with Crippen LogP contribution in [-0.2, 0) is 11.2 Å². The number of hydrogen-bond donors (Lipinski definition) is 0. The second-order valence-corrected chi connectivity index (χ2v) is 9.94. The van der Waals surface area contributed by atoms with Crippen LogP contribution < -0.4 is 9.47 Å². The van der Waals surface area contributed by atoms with Crippen LogP contribution in [0.4, 0.5) is 0 Å². The number of rotatable bonds is 4. The molecule has 1 aromatic carbocycles. The van der Waals surface area contributed by atoms with Gasteiger partial charge in [-0.25, -0.2) is 0 Å². The Labute approximate surface area is 171 Å². The summed E-state index contributed by atoms with van der Waals surface area (Å²) in [6.45, 7) is 8.54. The van der Waals surface area contributed by atoms with Crippen LogP contribution >= 0.6 is 15.9 Å². The van der Waals surface area contributed by atoms with Crippen LogP contribution in [0.15, 0.2) is 10.5 Å². The van der Waals surface area contributed by atoms with Crippen molar-refractivity contribution in [2.45, 2.75) is 83.1 Å². The average molecular weight is 438 g/mol. The zero-order chi connectivity index (χ0) is 19.2. The quantitative estimate of drug-likeness (QED) is 0.641. The fourth-order valence-electron chi connectivity index (χ4n) is 4.59. The summed E-state index contributed by atoms with van der Waals surface area (Å²) >= 11 is 3.86. The van der Waals surface area contributed by atoms with Gasteiger partial charge in [0.15, 0.2) is 11.5 Å². The Morgan fingerprint density at radius 1 is 1.11 bits per heavy atom. The van der Waals surface area contributed by atoms with Crippen LogP contribution in [0.25, 0.3) is 0 Å². The second-order valence-electron chi connectivity index (χ2n) is 9.15. The molecule has 2 fully saturated rings. The summed E-state index contributed by atoms with van der Waals surface area (Å²) < 4.78 is 19.4.